The smallest absolute Gasteiger partial charge is 0.261 e. The second kappa shape index (κ2) is 9.19. The van der Waals surface area contributed by atoms with Gasteiger partial charge >= 0.3 is 0 Å². The molecule has 1 heterocycles. The van der Waals surface area contributed by atoms with Crippen LogP contribution in [0, 0.1) is 0 Å². The van der Waals surface area contributed by atoms with E-state index in [9.17, 15) is 8.42 Å². The maximum Gasteiger partial charge on any atom is 0.261 e. The Bertz CT molecular complexity index is 1050. The number of nitrogens with one attached hydrogen (secondary N) is 1. The Morgan fingerprint density at radius 3 is 2.55 bits per heavy atom. The molecule has 0 aliphatic carbocycles. The highest BCUT2D eigenvalue weighted by atomic mass is 32.2. The maximum atomic E-state index is 12.8. The first-order valence-electron chi connectivity index (χ1n) is 9.55. The van der Waals surface area contributed by atoms with E-state index in [0.717, 1.165) is 5.56 Å². The summed E-state index contributed by atoms with van der Waals surface area (Å²) in [6.45, 7) is 6.49. The van der Waals surface area contributed by atoms with Gasteiger partial charge in [-0.2, -0.15) is 4.98 Å². The molecule has 0 saturated carbocycles. The van der Waals surface area contributed by atoms with Crippen molar-refractivity contribution in [1.29, 1.82) is 0 Å². The van der Waals surface area contributed by atoms with E-state index in [2.05, 4.69) is 14.9 Å². The van der Waals surface area contributed by atoms with Gasteiger partial charge in [0.15, 0.2) is 5.82 Å². The van der Waals surface area contributed by atoms with Gasteiger partial charge in [-0.1, -0.05) is 49.3 Å². The molecule has 154 valence electrons. The molecule has 0 atom stereocenters. The van der Waals surface area contributed by atoms with Gasteiger partial charge in [0.2, 0.25) is 10.0 Å². The van der Waals surface area contributed by atoms with Crippen LogP contribution in [0.4, 0.5) is 0 Å². The fraction of sp³-hybridized carbons (Fsp3) is 0.333. The Morgan fingerprint density at radius 1 is 1.14 bits per heavy atom. The Morgan fingerprint density at radius 2 is 1.90 bits per heavy atom. The van der Waals surface area contributed by atoms with Crippen LogP contribution in [0.15, 0.2) is 57.9 Å². The van der Waals surface area contributed by atoms with Crippen molar-refractivity contribution in [2.24, 2.45) is 0 Å². The van der Waals surface area contributed by atoms with E-state index in [4.69, 9.17) is 9.26 Å². The Hall–Kier alpha value is -2.71. The van der Waals surface area contributed by atoms with E-state index in [-0.39, 0.29) is 16.7 Å². The lowest BCUT2D eigenvalue weighted by atomic mass is 10.2. The van der Waals surface area contributed by atoms with Crippen LogP contribution in [0.1, 0.15) is 38.1 Å². The van der Waals surface area contributed by atoms with Gasteiger partial charge in [0.25, 0.3) is 5.89 Å². The second-order valence-electron chi connectivity index (χ2n) is 6.84. The maximum absolute atomic E-state index is 12.8. The first kappa shape index (κ1) is 21.0. The zero-order valence-electron chi connectivity index (χ0n) is 16.8. The first-order chi connectivity index (χ1) is 13.9. The van der Waals surface area contributed by atoms with Gasteiger partial charge in [0.05, 0.1) is 17.1 Å². The monoisotopic (exact) mass is 415 g/mol. The van der Waals surface area contributed by atoms with Gasteiger partial charge in [0.1, 0.15) is 5.75 Å². The average Bonchev–Trinajstić information content (AvgIpc) is 3.19. The molecule has 0 unspecified atom stereocenters. The summed E-state index contributed by atoms with van der Waals surface area (Å²) >= 11 is 0. The van der Waals surface area contributed by atoms with Gasteiger partial charge < -0.3 is 9.26 Å². The van der Waals surface area contributed by atoms with Crippen molar-refractivity contribution in [3.8, 4) is 17.2 Å². The molecule has 0 bridgehead atoms. The van der Waals surface area contributed by atoms with Crippen LogP contribution < -0.4 is 9.46 Å². The second-order valence-corrected chi connectivity index (χ2v) is 8.60. The molecule has 29 heavy (non-hydrogen) atoms. The quantitative estimate of drug-likeness (QED) is 0.572. The van der Waals surface area contributed by atoms with E-state index in [1.165, 1.54) is 12.1 Å². The minimum Gasteiger partial charge on any atom is -0.493 e. The highest BCUT2D eigenvalue weighted by molar-refractivity contribution is 7.89. The molecule has 3 aromatic rings. The zero-order chi connectivity index (χ0) is 20.9. The number of sulfonamides is 1. The molecule has 0 aliphatic heterocycles. The molecule has 0 spiro atoms. The van der Waals surface area contributed by atoms with Gasteiger partial charge in [-0.05, 0) is 37.1 Å². The Kier molecular flexibility index (Phi) is 6.66. The van der Waals surface area contributed by atoms with Crippen LogP contribution >= 0.6 is 0 Å². The summed E-state index contributed by atoms with van der Waals surface area (Å²) in [5, 5.41) is 3.96. The summed E-state index contributed by atoms with van der Waals surface area (Å²) in [5.41, 5.74) is 1.52. The van der Waals surface area contributed by atoms with Crippen molar-refractivity contribution in [3.63, 3.8) is 0 Å². The van der Waals surface area contributed by atoms with Gasteiger partial charge in [-0.3, -0.25) is 0 Å². The van der Waals surface area contributed by atoms with Crippen LogP contribution in [0.5, 0.6) is 5.75 Å². The van der Waals surface area contributed by atoms with Crippen LogP contribution in [0.2, 0.25) is 0 Å². The summed E-state index contributed by atoms with van der Waals surface area (Å²) in [6.07, 6.45) is 0.603. The Balaban J connectivity index is 1.84. The molecule has 7 nitrogen and oxygen atoms in total. The van der Waals surface area contributed by atoms with E-state index in [1.807, 2.05) is 51.1 Å². The van der Waals surface area contributed by atoms with Crippen molar-refractivity contribution in [1.82, 2.24) is 14.9 Å². The lowest BCUT2D eigenvalue weighted by Crippen LogP contribution is -2.26. The summed E-state index contributed by atoms with van der Waals surface area (Å²) < 4.78 is 39.2. The minimum absolute atomic E-state index is 0.0922. The molecule has 0 saturated heterocycles. The first-order valence-corrected chi connectivity index (χ1v) is 11.0. The predicted octanol–water partition coefficient (Wildman–Crippen LogP) is 3.78. The minimum atomic E-state index is -3.70. The standard InChI is InChI=1S/C21H25N3O4S/c1-4-27-19-11-10-17(14-18(19)21-23-20(15(2)3)24-28-21)29(25,26)22-13-12-16-8-6-5-7-9-16/h5-11,14-15,22H,4,12-13H2,1-3H3. The van der Waals surface area contributed by atoms with E-state index >= 15 is 0 Å². The molecule has 0 radical (unpaired) electrons. The van der Waals surface area contributed by atoms with Crippen molar-refractivity contribution >= 4 is 10.0 Å². The molecule has 2 aromatic carbocycles. The lowest BCUT2D eigenvalue weighted by molar-refractivity contribution is 0.338. The van der Waals surface area contributed by atoms with E-state index in [1.54, 1.807) is 6.07 Å². The Labute approximate surface area is 171 Å². The number of nitrogens with zero attached hydrogens (tertiary/aromatic N) is 2. The molecule has 0 aliphatic rings. The number of benzene rings is 2. The molecule has 0 amide bonds. The largest absolute Gasteiger partial charge is 0.493 e. The number of rotatable bonds is 9. The van der Waals surface area contributed by atoms with Gasteiger partial charge in [-0.25, -0.2) is 13.1 Å². The van der Waals surface area contributed by atoms with Crippen molar-refractivity contribution < 1.29 is 17.7 Å². The summed E-state index contributed by atoms with van der Waals surface area (Å²) in [5.74, 6) is 1.37. The average molecular weight is 416 g/mol. The van der Waals surface area contributed by atoms with Gasteiger partial charge in [-0.15, -0.1) is 0 Å². The van der Waals surface area contributed by atoms with Crippen molar-refractivity contribution in [3.05, 3.63) is 59.9 Å². The SMILES string of the molecule is CCOc1ccc(S(=O)(=O)NCCc2ccccc2)cc1-c1nc(C(C)C)no1. The third-order valence-corrected chi connectivity index (χ3v) is 5.76. The fourth-order valence-corrected chi connectivity index (χ4v) is 3.82. The van der Waals surface area contributed by atoms with Crippen LogP contribution in [-0.2, 0) is 16.4 Å². The predicted molar refractivity (Wildman–Crippen MR) is 110 cm³/mol. The zero-order valence-corrected chi connectivity index (χ0v) is 17.6. The lowest BCUT2D eigenvalue weighted by Gasteiger charge is -2.11. The molecule has 8 heteroatoms. The molecular formula is C21H25N3O4S. The number of ether oxygens (including phenoxy) is 1. The third-order valence-electron chi connectivity index (χ3n) is 4.30. The highest BCUT2D eigenvalue weighted by Crippen LogP contribution is 2.32. The van der Waals surface area contributed by atoms with Crippen molar-refractivity contribution in [2.75, 3.05) is 13.2 Å². The van der Waals surface area contributed by atoms with Crippen molar-refractivity contribution in [2.45, 2.75) is 38.0 Å². The van der Waals surface area contributed by atoms with Crippen LogP contribution in [0.3, 0.4) is 0 Å². The molecule has 3 rings (SSSR count). The summed E-state index contributed by atoms with van der Waals surface area (Å²) in [6, 6.07) is 14.3. The number of hydrogen-bond donors (Lipinski definition) is 1. The number of hydrogen-bond acceptors (Lipinski definition) is 6. The van der Waals surface area contributed by atoms with Crippen LogP contribution in [-0.4, -0.2) is 31.7 Å². The third kappa shape index (κ3) is 5.21. The highest BCUT2D eigenvalue weighted by Gasteiger charge is 2.21. The van der Waals surface area contributed by atoms with Gasteiger partial charge in [0, 0.05) is 12.5 Å². The topological polar surface area (TPSA) is 94.3 Å². The van der Waals surface area contributed by atoms with Crippen LogP contribution in [0.25, 0.3) is 11.5 Å². The summed E-state index contributed by atoms with van der Waals surface area (Å²) in [4.78, 5) is 4.49. The molecule has 1 aromatic heterocycles. The normalized spacial score (nSPS) is 11.7. The molecule has 0 fully saturated rings. The summed E-state index contributed by atoms with van der Waals surface area (Å²) in [7, 11) is -3.70. The molecular weight excluding hydrogens is 390 g/mol. The fourth-order valence-electron chi connectivity index (χ4n) is 2.76. The van der Waals surface area contributed by atoms with E-state index in [0.29, 0.717) is 36.7 Å². The molecule has 1 N–H and O–H groups in total. The van der Waals surface area contributed by atoms with E-state index < -0.39 is 10.0 Å². The number of aromatic nitrogens is 2.